The molecule has 0 bridgehead atoms. The number of amides is 1. The van der Waals surface area contributed by atoms with Crippen molar-refractivity contribution >= 4 is 45.8 Å². The molecule has 35 heavy (non-hydrogen) atoms. The number of nitrogens with one attached hydrogen (secondary N) is 1. The first kappa shape index (κ1) is 22.5. The molecule has 0 radical (unpaired) electrons. The normalized spacial score (nSPS) is 16.3. The van der Waals surface area contributed by atoms with Gasteiger partial charge in [-0.1, -0.05) is 42.0 Å². The van der Waals surface area contributed by atoms with Crippen LogP contribution in [-0.2, 0) is 9.53 Å². The van der Waals surface area contributed by atoms with Crippen molar-refractivity contribution in [3.63, 3.8) is 0 Å². The zero-order valence-electron chi connectivity index (χ0n) is 18.9. The highest BCUT2D eigenvalue weighted by molar-refractivity contribution is 8.27. The molecule has 0 fully saturated rings. The number of benzene rings is 2. The van der Waals surface area contributed by atoms with Gasteiger partial charge in [0.15, 0.2) is 5.84 Å². The maximum Gasteiger partial charge on any atom is 0.338 e. The molecule has 174 valence electrons. The van der Waals surface area contributed by atoms with Gasteiger partial charge in [0, 0.05) is 11.1 Å². The highest BCUT2D eigenvalue weighted by Crippen LogP contribution is 2.31. The Bertz CT molecular complexity index is 1430. The number of esters is 1. The van der Waals surface area contributed by atoms with E-state index in [0.29, 0.717) is 33.9 Å². The van der Waals surface area contributed by atoms with Crippen molar-refractivity contribution < 1.29 is 18.7 Å². The second-order valence-electron chi connectivity index (χ2n) is 7.79. The SMILES string of the molecule is CCOC(=O)c1ccc(-c2ccc(C=C3C(=N)N4N=C(c5ccc(C)cc5)SC4=NC3=O)o2)cc1. The van der Waals surface area contributed by atoms with Gasteiger partial charge in [-0.25, -0.2) is 4.79 Å². The monoisotopic (exact) mass is 484 g/mol. The second kappa shape index (κ2) is 9.19. The first-order chi connectivity index (χ1) is 16.9. The number of hydrogen-bond acceptors (Lipinski definition) is 7. The number of furan rings is 1. The van der Waals surface area contributed by atoms with Crippen LogP contribution >= 0.6 is 11.8 Å². The highest BCUT2D eigenvalue weighted by Gasteiger charge is 2.36. The third-order valence-electron chi connectivity index (χ3n) is 5.35. The molecule has 8 nitrogen and oxygen atoms in total. The number of rotatable bonds is 5. The zero-order valence-corrected chi connectivity index (χ0v) is 19.8. The summed E-state index contributed by atoms with van der Waals surface area (Å²) in [6.45, 7) is 4.07. The van der Waals surface area contributed by atoms with E-state index in [1.807, 2.05) is 31.2 Å². The van der Waals surface area contributed by atoms with Crippen LogP contribution in [0, 0.1) is 12.3 Å². The van der Waals surface area contributed by atoms with Crippen LogP contribution in [0.3, 0.4) is 0 Å². The summed E-state index contributed by atoms with van der Waals surface area (Å²) in [5.41, 5.74) is 3.33. The fourth-order valence-electron chi connectivity index (χ4n) is 3.52. The van der Waals surface area contributed by atoms with E-state index in [2.05, 4.69) is 10.1 Å². The smallest absolute Gasteiger partial charge is 0.338 e. The van der Waals surface area contributed by atoms with Gasteiger partial charge in [-0.3, -0.25) is 10.2 Å². The lowest BCUT2D eigenvalue weighted by Crippen LogP contribution is -2.35. The summed E-state index contributed by atoms with van der Waals surface area (Å²) >= 11 is 1.26. The molecular formula is C26H20N4O4S. The Labute approximate surface area is 205 Å². The molecule has 2 aromatic carbocycles. The van der Waals surface area contributed by atoms with Crippen molar-refractivity contribution in [3.05, 3.63) is 88.7 Å². The number of aryl methyl sites for hydroxylation is 1. The van der Waals surface area contributed by atoms with Crippen LogP contribution < -0.4 is 0 Å². The summed E-state index contributed by atoms with van der Waals surface area (Å²) < 4.78 is 10.9. The highest BCUT2D eigenvalue weighted by atomic mass is 32.2. The Kier molecular flexibility index (Phi) is 5.92. The van der Waals surface area contributed by atoms with Gasteiger partial charge in [-0.2, -0.15) is 15.1 Å². The Hall–Kier alpha value is -4.24. The van der Waals surface area contributed by atoms with Gasteiger partial charge in [-0.05, 0) is 56.0 Å². The quantitative estimate of drug-likeness (QED) is 0.399. The molecule has 2 aliphatic rings. The first-order valence-electron chi connectivity index (χ1n) is 10.9. The molecule has 3 aromatic rings. The second-order valence-corrected chi connectivity index (χ2v) is 8.75. The molecule has 0 atom stereocenters. The molecule has 0 spiro atoms. The van der Waals surface area contributed by atoms with E-state index in [-0.39, 0.29) is 17.4 Å². The first-order valence-corrected chi connectivity index (χ1v) is 11.7. The van der Waals surface area contributed by atoms with Crippen molar-refractivity contribution in [3.8, 4) is 11.3 Å². The zero-order chi connectivity index (χ0) is 24.5. The van der Waals surface area contributed by atoms with Gasteiger partial charge < -0.3 is 9.15 Å². The number of nitrogens with zero attached hydrogens (tertiary/aromatic N) is 3. The number of carbonyl (C=O) groups excluding carboxylic acids is 2. The molecule has 1 N–H and O–H groups in total. The number of carbonyl (C=O) groups is 2. The lowest BCUT2D eigenvalue weighted by molar-refractivity contribution is -0.114. The summed E-state index contributed by atoms with van der Waals surface area (Å²) in [6.07, 6.45) is 1.49. The molecular weight excluding hydrogens is 464 g/mol. The Balaban J connectivity index is 1.37. The van der Waals surface area contributed by atoms with Crippen molar-refractivity contribution in [2.45, 2.75) is 13.8 Å². The van der Waals surface area contributed by atoms with Gasteiger partial charge in [0.05, 0.1) is 17.7 Å². The van der Waals surface area contributed by atoms with Crippen LogP contribution in [0.25, 0.3) is 17.4 Å². The number of thioether (sulfide) groups is 1. The van der Waals surface area contributed by atoms with Gasteiger partial charge in [0.1, 0.15) is 16.6 Å². The minimum Gasteiger partial charge on any atom is -0.462 e. The summed E-state index contributed by atoms with van der Waals surface area (Å²) in [7, 11) is 0. The van der Waals surface area contributed by atoms with Gasteiger partial charge in [0.25, 0.3) is 5.91 Å². The average Bonchev–Trinajstić information content (AvgIpc) is 3.50. The molecule has 0 aliphatic carbocycles. The minimum atomic E-state index is -0.522. The molecule has 0 unspecified atom stereocenters. The topological polar surface area (TPSA) is 108 Å². The summed E-state index contributed by atoms with van der Waals surface area (Å²) in [6, 6.07) is 18.2. The maximum absolute atomic E-state index is 12.7. The van der Waals surface area contributed by atoms with E-state index in [1.54, 1.807) is 43.3 Å². The van der Waals surface area contributed by atoms with Crippen LogP contribution in [0.1, 0.15) is 34.2 Å². The number of fused-ring (bicyclic) bond motifs is 1. The van der Waals surface area contributed by atoms with E-state index in [0.717, 1.165) is 16.7 Å². The lowest BCUT2D eigenvalue weighted by atomic mass is 10.1. The van der Waals surface area contributed by atoms with Crippen molar-refractivity contribution in [2.24, 2.45) is 10.1 Å². The largest absolute Gasteiger partial charge is 0.462 e. The molecule has 2 aliphatic heterocycles. The summed E-state index contributed by atoms with van der Waals surface area (Å²) in [5.74, 6) is -0.0120. The van der Waals surface area contributed by atoms with E-state index in [9.17, 15) is 9.59 Å². The van der Waals surface area contributed by atoms with E-state index in [1.165, 1.54) is 22.8 Å². The standard InChI is InChI=1S/C26H20N4O4S/c1-3-33-25(32)18-10-8-16(9-11-18)21-13-12-19(34-21)14-20-22(27)30-26(28-23(20)31)35-24(29-30)17-6-4-15(2)5-7-17/h4-14,27H,3H2,1-2H3. The maximum atomic E-state index is 12.7. The van der Waals surface area contributed by atoms with Gasteiger partial charge >= 0.3 is 5.97 Å². The number of aliphatic imine (C=N–C) groups is 1. The van der Waals surface area contributed by atoms with Gasteiger partial charge in [0.2, 0.25) is 5.17 Å². The molecule has 1 amide bonds. The summed E-state index contributed by atoms with van der Waals surface area (Å²) in [4.78, 5) is 28.7. The van der Waals surface area contributed by atoms with Crippen molar-refractivity contribution in [1.82, 2.24) is 5.01 Å². The Morgan fingerprint density at radius 2 is 1.80 bits per heavy atom. The third kappa shape index (κ3) is 4.45. The van der Waals surface area contributed by atoms with E-state index in [4.69, 9.17) is 14.6 Å². The molecule has 9 heteroatoms. The number of ether oxygens (including phenoxy) is 1. The predicted molar refractivity (Wildman–Crippen MR) is 135 cm³/mol. The number of amidine groups is 2. The lowest BCUT2D eigenvalue weighted by Gasteiger charge is -2.19. The molecule has 3 heterocycles. The number of hydrogen-bond donors (Lipinski definition) is 1. The van der Waals surface area contributed by atoms with Crippen molar-refractivity contribution in [1.29, 1.82) is 5.41 Å². The Morgan fingerprint density at radius 1 is 1.09 bits per heavy atom. The summed E-state index contributed by atoms with van der Waals surface area (Å²) in [5, 5.41) is 15.5. The number of hydrazone groups is 1. The molecule has 1 aromatic heterocycles. The third-order valence-corrected chi connectivity index (χ3v) is 6.30. The van der Waals surface area contributed by atoms with Gasteiger partial charge in [-0.15, -0.1) is 0 Å². The molecule has 5 rings (SSSR count). The predicted octanol–water partition coefficient (Wildman–Crippen LogP) is 5.10. The van der Waals surface area contributed by atoms with E-state index < -0.39 is 5.91 Å². The van der Waals surface area contributed by atoms with Crippen LogP contribution in [0.15, 0.2) is 80.7 Å². The molecule has 0 saturated carbocycles. The fourth-order valence-corrected chi connectivity index (χ4v) is 4.41. The average molecular weight is 485 g/mol. The minimum absolute atomic E-state index is 0.0636. The molecule has 0 saturated heterocycles. The Morgan fingerprint density at radius 3 is 2.51 bits per heavy atom. The van der Waals surface area contributed by atoms with Crippen LogP contribution in [0.2, 0.25) is 0 Å². The van der Waals surface area contributed by atoms with Crippen LogP contribution in [-0.4, -0.2) is 39.5 Å². The van der Waals surface area contributed by atoms with Crippen molar-refractivity contribution in [2.75, 3.05) is 6.61 Å². The fraction of sp³-hybridized carbons (Fsp3) is 0.115. The van der Waals surface area contributed by atoms with Crippen LogP contribution in [0.5, 0.6) is 0 Å². The van der Waals surface area contributed by atoms with E-state index >= 15 is 0 Å². The van der Waals surface area contributed by atoms with Crippen LogP contribution in [0.4, 0.5) is 0 Å².